The Morgan fingerprint density at radius 3 is 2.90 bits per heavy atom. The molecule has 0 unspecified atom stereocenters. The van der Waals surface area contributed by atoms with E-state index in [0.29, 0.717) is 5.69 Å². The Hall–Kier alpha value is -2.95. The molecule has 0 atom stereocenters. The van der Waals surface area contributed by atoms with Crippen molar-refractivity contribution in [2.24, 2.45) is 0 Å². The van der Waals surface area contributed by atoms with Crippen LogP contribution in [0, 0.1) is 18.3 Å². The molecule has 20 heavy (non-hydrogen) atoms. The molecule has 2 aromatic rings. The summed E-state index contributed by atoms with van der Waals surface area (Å²) in [5.41, 5.74) is 6.47. The molecule has 0 saturated heterocycles. The van der Waals surface area contributed by atoms with Gasteiger partial charge in [-0.05, 0) is 13.8 Å². The standard InChI is InChI=1S/C12H12N6O2/c1-3-20-12(19)9-7(2)16-11(8(6-13)10(9)14)18-5-4-15-17-18/h4-5H,3H2,1-2H3,(H2,14,16). The number of hydrogen-bond acceptors (Lipinski definition) is 7. The monoisotopic (exact) mass is 272 g/mol. The number of aromatic nitrogens is 4. The minimum absolute atomic E-state index is 0.0314. The van der Waals surface area contributed by atoms with Crippen molar-refractivity contribution in [3.63, 3.8) is 0 Å². The van der Waals surface area contributed by atoms with Gasteiger partial charge in [-0.25, -0.2) is 14.5 Å². The molecule has 0 saturated carbocycles. The first kappa shape index (κ1) is 13.5. The van der Waals surface area contributed by atoms with E-state index in [4.69, 9.17) is 10.5 Å². The molecular formula is C12H12N6O2. The van der Waals surface area contributed by atoms with Gasteiger partial charge < -0.3 is 10.5 Å². The average molecular weight is 272 g/mol. The summed E-state index contributed by atoms with van der Waals surface area (Å²) in [4.78, 5) is 16.1. The molecule has 2 rings (SSSR count). The Morgan fingerprint density at radius 1 is 1.60 bits per heavy atom. The minimum atomic E-state index is -0.600. The van der Waals surface area contributed by atoms with Crippen LogP contribution >= 0.6 is 0 Å². The number of nitrogen functional groups attached to an aromatic ring is 1. The molecule has 8 nitrogen and oxygen atoms in total. The van der Waals surface area contributed by atoms with Crippen molar-refractivity contribution < 1.29 is 9.53 Å². The van der Waals surface area contributed by atoms with E-state index >= 15 is 0 Å². The topological polar surface area (TPSA) is 120 Å². The molecule has 0 spiro atoms. The first-order valence-corrected chi connectivity index (χ1v) is 5.84. The van der Waals surface area contributed by atoms with Gasteiger partial charge in [-0.15, -0.1) is 5.10 Å². The molecule has 0 aliphatic carbocycles. The zero-order chi connectivity index (χ0) is 14.7. The van der Waals surface area contributed by atoms with Gasteiger partial charge in [0.2, 0.25) is 0 Å². The van der Waals surface area contributed by atoms with Crippen molar-refractivity contribution in [2.45, 2.75) is 13.8 Å². The lowest BCUT2D eigenvalue weighted by molar-refractivity contribution is 0.0526. The van der Waals surface area contributed by atoms with E-state index in [-0.39, 0.29) is 29.2 Å². The summed E-state index contributed by atoms with van der Waals surface area (Å²) in [5, 5.41) is 16.7. The second-order valence-electron chi connectivity index (χ2n) is 3.86. The second kappa shape index (κ2) is 5.36. The van der Waals surface area contributed by atoms with Crippen LogP contribution in [0.25, 0.3) is 5.82 Å². The van der Waals surface area contributed by atoms with Crippen molar-refractivity contribution in [1.29, 1.82) is 5.26 Å². The van der Waals surface area contributed by atoms with E-state index in [1.807, 2.05) is 6.07 Å². The summed E-state index contributed by atoms with van der Waals surface area (Å²) >= 11 is 0. The fraction of sp³-hybridized carbons (Fsp3) is 0.250. The molecule has 0 radical (unpaired) electrons. The van der Waals surface area contributed by atoms with Gasteiger partial charge in [0.05, 0.1) is 30.4 Å². The number of rotatable bonds is 3. The quantitative estimate of drug-likeness (QED) is 0.812. The SMILES string of the molecule is CCOC(=O)c1c(C)nc(-n2ccnn2)c(C#N)c1N. The number of aryl methyl sites for hydroxylation is 1. The summed E-state index contributed by atoms with van der Waals surface area (Å²) in [7, 11) is 0. The number of nitrogens with zero attached hydrogens (tertiary/aromatic N) is 5. The summed E-state index contributed by atoms with van der Waals surface area (Å²) in [6.45, 7) is 3.51. The number of ether oxygens (including phenoxy) is 1. The number of carbonyl (C=O) groups is 1. The van der Waals surface area contributed by atoms with Crippen LogP contribution in [0.2, 0.25) is 0 Å². The third-order valence-corrected chi connectivity index (χ3v) is 2.63. The molecular weight excluding hydrogens is 260 g/mol. The predicted octanol–water partition coefficient (Wildman–Crippen LogP) is 0.601. The number of anilines is 1. The van der Waals surface area contributed by atoms with Crippen molar-refractivity contribution in [3.8, 4) is 11.9 Å². The maximum atomic E-state index is 11.9. The van der Waals surface area contributed by atoms with Gasteiger partial charge in [0.1, 0.15) is 17.2 Å². The number of carbonyl (C=O) groups excluding carboxylic acids is 1. The van der Waals surface area contributed by atoms with Crippen molar-refractivity contribution in [2.75, 3.05) is 12.3 Å². The summed E-state index contributed by atoms with van der Waals surface area (Å²) < 4.78 is 6.23. The first-order chi connectivity index (χ1) is 9.60. The Kier molecular flexibility index (Phi) is 3.61. The largest absolute Gasteiger partial charge is 0.462 e. The van der Waals surface area contributed by atoms with Crippen LogP contribution in [0.1, 0.15) is 28.5 Å². The third-order valence-electron chi connectivity index (χ3n) is 2.63. The Labute approximate surface area is 114 Å². The lowest BCUT2D eigenvalue weighted by Crippen LogP contribution is -2.15. The first-order valence-electron chi connectivity index (χ1n) is 5.84. The lowest BCUT2D eigenvalue weighted by Gasteiger charge is -2.12. The van der Waals surface area contributed by atoms with E-state index in [1.54, 1.807) is 13.8 Å². The van der Waals surface area contributed by atoms with Crippen molar-refractivity contribution in [1.82, 2.24) is 20.0 Å². The molecule has 2 N–H and O–H groups in total. The van der Waals surface area contributed by atoms with Gasteiger partial charge in [-0.3, -0.25) is 0 Å². The Morgan fingerprint density at radius 2 is 2.35 bits per heavy atom. The highest BCUT2D eigenvalue weighted by Crippen LogP contribution is 2.25. The van der Waals surface area contributed by atoms with E-state index in [9.17, 15) is 10.1 Å². The molecule has 0 aliphatic rings. The zero-order valence-corrected chi connectivity index (χ0v) is 11.0. The average Bonchev–Trinajstić information content (AvgIpc) is 2.92. The molecule has 0 amide bonds. The Balaban J connectivity index is 2.66. The van der Waals surface area contributed by atoms with Gasteiger partial charge in [0.25, 0.3) is 0 Å². The molecule has 0 bridgehead atoms. The summed E-state index contributed by atoms with van der Waals surface area (Å²) in [6.07, 6.45) is 2.99. The lowest BCUT2D eigenvalue weighted by atomic mass is 10.1. The highest BCUT2D eigenvalue weighted by atomic mass is 16.5. The van der Waals surface area contributed by atoms with Crippen LogP contribution in [-0.2, 0) is 4.74 Å². The molecule has 0 aliphatic heterocycles. The summed E-state index contributed by atoms with van der Waals surface area (Å²) in [5.74, 6) is -0.371. The Bertz CT molecular complexity index is 687. The van der Waals surface area contributed by atoms with E-state index in [0.717, 1.165) is 0 Å². The number of hydrogen-bond donors (Lipinski definition) is 1. The molecule has 2 aromatic heterocycles. The van der Waals surface area contributed by atoms with Crippen LogP contribution in [0.15, 0.2) is 12.4 Å². The van der Waals surface area contributed by atoms with Gasteiger partial charge in [-0.2, -0.15) is 5.26 Å². The highest BCUT2D eigenvalue weighted by molar-refractivity contribution is 5.98. The van der Waals surface area contributed by atoms with Gasteiger partial charge >= 0.3 is 5.97 Å². The normalized spacial score (nSPS) is 10.1. The molecule has 2 heterocycles. The van der Waals surface area contributed by atoms with Crippen molar-refractivity contribution >= 4 is 11.7 Å². The van der Waals surface area contributed by atoms with E-state index in [1.165, 1.54) is 17.1 Å². The van der Waals surface area contributed by atoms with E-state index in [2.05, 4.69) is 15.3 Å². The van der Waals surface area contributed by atoms with Crippen LogP contribution in [0.4, 0.5) is 5.69 Å². The zero-order valence-electron chi connectivity index (χ0n) is 11.0. The minimum Gasteiger partial charge on any atom is -0.462 e. The number of nitriles is 1. The van der Waals surface area contributed by atoms with Crippen LogP contribution in [-0.4, -0.2) is 32.6 Å². The fourth-order valence-electron chi connectivity index (χ4n) is 1.77. The maximum Gasteiger partial charge on any atom is 0.342 e. The maximum absolute atomic E-state index is 11.9. The third kappa shape index (κ3) is 2.16. The molecule has 102 valence electrons. The van der Waals surface area contributed by atoms with E-state index < -0.39 is 5.97 Å². The van der Waals surface area contributed by atoms with Crippen LogP contribution < -0.4 is 5.73 Å². The summed E-state index contributed by atoms with van der Waals surface area (Å²) in [6, 6.07) is 1.93. The van der Waals surface area contributed by atoms with Crippen LogP contribution in [0.3, 0.4) is 0 Å². The molecule has 8 heteroatoms. The molecule has 0 aromatic carbocycles. The number of esters is 1. The van der Waals surface area contributed by atoms with Gasteiger partial charge in [0.15, 0.2) is 5.82 Å². The predicted molar refractivity (Wildman–Crippen MR) is 69.0 cm³/mol. The van der Waals surface area contributed by atoms with Gasteiger partial charge in [-0.1, -0.05) is 5.21 Å². The van der Waals surface area contributed by atoms with Crippen LogP contribution in [0.5, 0.6) is 0 Å². The smallest absolute Gasteiger partial charge is 0.342 e. The number of nitrogens with two attached hydrogens (primary N) is 1. The van der Waals surface area contributed by atoms with Gasteiger partial charge in [0, 0.05) is 0 Å². The second-order valence-corrected chi connectivity index (χ2v) is 3.86. The number of pyridine rings is 1. The highest BCUT2D eigenvalue weighted by Gasteiger charge is 2.22. The fourth-order valence-corrected chi connectivity index (χ4v) is 1.77. The molecule has 0 fully saturated rings. The van der Waals surface area contributed by atoms with Crippen molar-refractivity contribution in [3.05, 3.63) is 29.2 Å².